The normalized spacial score (nSPS) is 10.6. The summed E-state index contributed by atoms with van der Waals surface area (Å²) in [6.07, 6.45) is 1.55. The van der Waals surface area contributed by atoms with Crippen molar-refractivity contribution in [1.29, 1.82) is 0 Å². The van der Waals surface area contributed by atoms with E-state index in [-0.39, 0.29) is 5.91 Å². The Morgan fingerprint density at radius 3 is 3.00 bits per heavy atom. The van der Waals surface area contributed by atoms with Crippen LogP contribution < -0.4 is 10.2 Å². The summed E-state index contributed by atoms with van der Waals surface area (Å²) in [5, 5.41) is 5.77. The molecule has 1 heterocycles. The number of carbonyl (C=O) groups is 1. The second-order valence-corrected chi connectivity index (χ2v) is 5.43. The van der Waals surface area contributed by atoms with E-state index in [4.69, 9.17) is 4.74 Å². The first-order valence-electron chi connectivity index (χ1n) is 5.41. The predicted octanol–water partition coefficient (Wildman–Crippen LogP) is 3.28. The van der Waals surface area contributed by atoms with Crippen LogP contribution in [0.25, 0.3) is 0 Å². The van der Waals surface area contributed by atoms with Gasteiger partial charge in [-0.2, -0.15) is 5.10 Å². The van der Waals surface area contributed by atoms with Gasteiger partial charge in [-0.1, -0.05) is 22.0 Å². The third-order valence-corrected chi connectivity index (χ3v) is 3.67. The largest absolute Gasteiger partial charge is 0.496 e. The number of hydrogen-bond donors (Lipinski definition) is 1. The Hall–Kier alpha value is -1.66. The number of amides is 1. The minimum Gasteiger partial charge on any atom is -0.496 e. The lowest BCUT2D eigenvalue weighted by Crippen LogP contribution is -2.16. The lowest BCUT2D eigenvalue weighted by Gasteiger charge is -2.04. The molecule has 2 rings (SSSR count). The number of nitrogens with one attached hydrogen (secondary N) is 1. The molecule has 0 unspecified atom stereocenters. The molecule has 4 nitrogen and oxygen atoms in total. The van der Waals surface area contributed by atoms with Gasteiger partial charge >= 0.3 is 0 Å². The Bertz CT molecular complexity index is 597. The van der Waals surface area contributed by atoms with Crippen molar-refractivity contribution >= 4 is 39.4 Å². The van der Waals surface area contributed by atoms with E-state index in [1.807, 2.05) is 29.6 Å². The van der Waals surface area contributed by atoms with Gasteiger partial charge in [0.25, 0.3) is 5.91 Å². The molecule has 1 N–H and O–H groups in total. The fourth-order valence-corrected chi connectivity index (χ4v) is 2.42. The quantitative estimate of drug-likeness (QED) is 0.687. The molecule has 6 heteroatoms. The van der Waals surface area contributed by atoms with Crippen LogP contribution in [0.3, 0.4) is 0 Å². The van der Waals surface area contributed by atoms with E-state index in [2.05, 4.69) is 26.5 Å². The van der Waals surface area contributed by atoms with Gasteiger partial charge in [0.1, 0.15) is 5.75 Å². The molecule has 1 aromatic carbocycles. The molecule has 0 aliphatic heterocycles. The van der Waals surface area contributed by atoms with E-state index in [0.717, 1.165) is 10.0 Å². The first kappa shape index (κ1) is 13.8. The standard InChI is InChI=1S/C13H11BrN2O2S/c1-18-11-5-4-10(14)7-9(11)8-15-16-13(17)12-3-2-6-19-12/h2-8H,1H3,(H,16,17). The molecule has 0 radical (unpaired) electrons. The second-order valence-electron chi connectivity index (χ2n) is 3.56. The van der Waals surface area contributed by atoms with Crippen LogP contribution in [0.2, 0.25) is 0 Å². The molecule has 0 fully saturated rings. The van der Waals surface area contributed by atoms with Gasteiger partial charge in [-0.3, -0.25) is 4.79 Å². The van der Waals surface area contributed by atoms with E-state index in [1.165, 1.54) is 11.3 Å². The van der Waals surface area contributed by atoms with Gasteiger partial charge in [0.2, 0.25) is 0 Å². The smallest absolute Gasteiger partial charge is 0.281 e. The molecule has 98 valence electrons. The maximum Gasteiger partial charge on any atom is 0.281 e. The van der Waals surface area contributed by atoms with Crippen molar-refractivity contribution in [2.75, 3.05) is 7.11 Å². The molecule has 0 spiro atoms. The number of carbonyl (C=O) groups excluding carboxylic acids is 1. The number of nitrogens with zero attached hydrogens (tertiary/aromatic N) is 1. The van der Waals surface area contributed by atoms with E-state index < -0.39 is 0 Å². The van der Waals surface area contributed by atoms with Crippen molar-refractivity contribution in [3.8, 4) is 5.75 Å². The van der Waals surface area contributed by atoms with Gasteiger partial charge in [-0.05, 0) is 29.6 Å². The summed E-state index contributed by atoms with van der Waals surface area (Å²) in [5.41, 5.74) is 3.26. The average Bonchev–Trinajstić information content (AvgIpc) is 2.93. The van der Waals surface area contributed by atoms with Gasteiger partial charge in [0.15, 0.2) is 0 Å². The van der Waals surface area contributed by atoms with Crippen LogP contribution in [0.1, 0.15) is 15.2 Å². The van der Waals surface area contributed by atoms with E-state index in [1.54, 1.807) is 19.4 Å². The Kier molecular flexibility index (Phi) is 4.70. The molecule has 0 saturated heterocycles. The molecule has 0 bridgehead atoms. The minimum absolute atomic E-state index is 0.222. The third kappa shape index (κ3) is 3.65. The van der Waals surface area contributed by atoms with Gasteiger partial charge in [0.05, 0.1) is 18.2 Å². The van der Waals surface area contributed by atoms with Crippen molar-refractivity contribution in [2.24, 2.45) is 5.10 Å². The fraction of sp³-hybridized carbons (Fsp3) is 0.0769. The number of thiophene rings is 1. The summed E-state index contributed by atoms with van der Waals surface area (Å²) in [6, 6.07) is 9.13. The van der Waals surface area contributed by atoms with Crippen molar-refractivity contribution in [3.63, 3.8) is 0 Å². The molecule has 2 aromatic rings. The molecule has 0 aliphatic carbocycles. The number of ether oxygens (including phenoxy) is 1. The topological polar surface area (TPSA) is 50.7 Å². The van der Waals surface area contributed by atoms with Crippen molar-refractivity contribution in [2.45, 2.75) is 0 Å². The summed E-state index contributed by atoms with van der Waals surface area (Å²) in [4.78, 5) is 12.3. The van der Waals surface area contributed by atoms with Crippen molar-refractivity contribution < 1.29 is 9.53 Å². The molecule has 1 amide bonds. The highest BCUT2D eigenvalue weighted by atomic mass is 79.9. The summed E-state index contributed by atoms with van der Waals surface area (Å²) in [6.45, 7) is 0. The molecular formula is C13H11BrN2O2S. The van der Waals surface area contributed by atoms with E-state index in [9.17, 15) is 4.79 Å². The summed E-state index contributed by atoms with van der Waals surface area (Å²) < 4.78 is 6.12. The van der Waals surface area contributed by atoms with Crippen LogP contribution in [0, 0.1) is 0 Å². The lowest BCUT2D eigenvalue weighted by atomic mass is 10.2. The highest BCUT2D eigenvalue weighted by molar-refractivity contribution is 9.10. The van der Waals surface area contributed by atoms with E-state index in [0.29, 0.717) is 10.6 Å². The summed E-state index contributed by atoms with van der Waals surface area (Å²) in [7, 11) is 1.59. The van der Waals surface area contributed by atoms with Crippen LogP contribution in [0.15, 0.2) is 45.3 Å². The summed E-state index contributed by atoms with van der Waals surface area (Å²) in [5.74, 6) is 0.470. The predicted molar refractivity (Wildman–Crippen MR) is 80.1 cm³/mol. The SMILES string of the molecule is COc1ccc(Br)cc1C=NNC(=O)c1cccs1. The minimum atomic E-state index is -0.222. The number of hydrazone groups is 1. The first-order valence-corrected chi connectivity index (χ1v) is 7.08. The van der Waals surface area contributed by atoms with Crippen LogP contribution in [0.4, 0.5) is 0 Å². The van der Waals surface area contributed by atoms with Gasteiger partial charge in [-0.15, -0.1) is 11.3 Å². The molecular weight excluding hydrogens is 328 g/mol. The second kappa shape index (κ2) is 6.49. The van der Waals surface area contributed by atoms with Gasteiger partial charge in [-0.25, -0.2) is 5.43 Å². The van der Waals surface area contributed by atoms with E-state index >= 15 is 0 Å². The van der Waals surface area contributed by atoms with Crippen LogP contribution in [-0.2, 0) is 0 Å². The number of benzene rings is 1. The highest BCUT2D eigenvalue weighted by Gasteiger charge is 2.04. The maximum absolute atomic E-state index is 11.7. The maximum atomic E-state index is 11.7. The Labute approximate surface area is 123 Å². The number of rotatable bonds is 4. The van der Waals surface area contributed by atoms with Gasteiger partial charge < -0.3 is 4.74 Å². The Morgan fingerprint density at radius 1 is 1.47 bits per heavy atom. The van der Waals surface area contributed by atoms with Gasteiger partial charge in [0, 0.05) is 10.0 Å². The Morgan fingerprint density at radius 2 is 2.32 bits per heavy atom. The number of halogens is 1. The molecule has 19 heavy (non-hydrogen) atoms. The summed E-state index contributed by atoms with van der Waals surface area (Å²) >= 11 is 4.74. The lowest BCUT2D eigenvalue weighted by molar-refractivity contribution is 0.0959. The van der Waals surface area contributed by atoms with Crippen molar-refractivity contribution in [1.82, 2.24) is 5.43 Å². The Balaban J connectivity index is 2.07. The number of hydrogen-bond acceptors (Lipinski definition) is 4. The van der Waals surface area contributed by atoms with Crippen LogP contribution in [-0.4, -0.2) is 19.2 Å². The highest BCUT2D eigenvalue weighted by Crippen LogP contribution is 2.21. The monoisotopic (exact) mass is 338 g/mol. The first-order chi connectivity index (χ1) is 9.20. The number of methoxy groups -OCH3 is 1. The molecule has 0 atom stereocenters. The molecule has 0 aliphatic rings. The average molecular weight is 339 g/mol. The molecule has 0 saturated carbocycles. The zero-order chi connectivity index (χ0) is 13.7. The van der Waals surface area contributed by atoms with Crippen LogP contribution >= 0.6 is 27.3 Å². The fourth-order valence-electron chi connectivity index (χ4n) is 1.43. The third-order valence-electron chi connectivity index (χ3n) is 2.31. The van der Waals surface area contributed by atoms with Crippen LogP contribution in [0.5, 0.6) is 5.75 Å². The molecule has 1 aromatic heterocycles. The zero-order valence-corrected chi connectivity index (χ0v) is 12.5. The zero-order valence-electron chi connectivity index (χ0n) is 10.1. The van der Waals surface area contributed by atoms with Crippen molar-refractivity contribution in [3.05, 3.63) is 50.6 Å².